The first-order chi connectivity index (χ1) is 9.13. The van der Waals surface area contributed by atoms with Crippen molar-refractivity contribution in [1.29, 1.82) is 0 Å². The van der Waals surface area contributed by atoms with E-state index in [2.05, 4.69) is 17.6 Å². The molecule has 19 heavy (non-hydrogen) atoms. The van der Waals surface area contributed by atoms with Crippen LogP contribution in [-0.2, 0) is 0 Å². The van der Waals surface area contributed by atoms with E-state index in [1.165, 1.54) is 19.3 Å². The van der Waals surface area contributed by atoms with E-state index in [0.29, 0.717) is 11.7 Å². The molecule has 0 saturated heterocycles. The number of nitrogen functional groups attached to an aromatic ring is 1. The Labute approximate surface area is 114 Å². The minimum absolute atomic E-state index is 0.121. The quantitative estimate of drug-likeness (QED) is 0.564. The lowest BCUT2D eigenvalue weighted by molar-refractivity contribution is 0.247. The predicted octanol–water partition coefficient (Wildman–Crippen LogP) is 3.36. The molecule has 0 aliphatic heterocycles. The average Bonchev–Trinajstić information content (AvgIpc) is 2.57. The number of anilines is 2. The Morgan fingerprint density at radius 3 is 2.63 bits per heavy atom. The molecule has 2 rings (SSSR count). The Morgan fingerprint density at radius 1 is 1.16 bits per heavy atom. The van der Waals surface area contributed by atoms with Crippen molar-refractivity contribution in [2.45, 2.75) is 45.1 Å². The Kier molecular flexibility index (Phi) is 4.66. The first-order valence-electron chi connectivity index (χ1n) is 7.06. The van der Waals surface area contributed by atoms with Crippen molar-refractivity contribution in [3.8, 4) is 0 Å². The maximum Gasteiger partial charge on any atom is 0.319 e. The normalized spacial score (nSPS) is 23.4. The molecule has 104 valence electrons. The molecule has 0 aromatic heterocycles. The van der Waals surface area contributed by atoms with Crippen LogP contribution in [0, 0.1) is 5.92 Å². The minimum Gasteiger partial charge on any atom is -0.399 e. The zero-order valence-corrected chi connectivity index (χ0v) is 11.5. The molecule has 4 heteroatoms. The molecule has 1 saturated carbocycles. The summed E-state index contributed by atoms with van der Waals surface area (Å²) in [6.45, 7) is 2.29. The van der Waals surface area contributed by atoms with Crippen LogP contribution in [-0.4, -0.2) is 12.1 Å². The number of amides is 2. The zero-order valence-electron chi connectivity index (χ0n) is 11.5. The largest absolute Gasteiger partial charge is 0.399 e. The SMILES string of the molecule is CC1CCCC(NC(=O)Nc2ccc(N)cc2)CC1. The van der Waals surface area contributed by atoms with Gasteiger partial charge in [0, 0.05) is 17.4 Å². The number of nitrogens with one attached hydrogen (secondary N) is 2. The molecule has 2 amide bonds. The second kappa shape index (κ2) is 6.45. The van der Waals surface area contributed by atoms with Crippen LogP contribution in [0.25, 0.3) is 0 Å². The predicted molar refractivity (Wildman–Crippen MR) is 79.0 cm³/mol. The summed E-state index contributed by atoms with van der Waals surface area (Å²) in [6, 6.07) is 7.36. The van der Waals surface area contributed by atoms with E-state index in [1.54, 1.807) is 12.1 Å². The highest BCUT2D eigenvalue weighted by atomic mass is 16.2. The van der Waals surface area contributed by atoms with Crippen LogP contribution in [0.3, 0.4) is 0 Å². The highest BCUT2D eigenvalue weighted by molar-refractivity contribution is 5.89. The molecule has 1 aliphatic carbocycles. The van der Waals surface area contributed by atoms with Crippen LogP contribution < -0.4 is 16.4 Å². The third kappa shape index (κ3) is 4.47. The van der Waals surface area contributed by atoms with Crippen LogP contribution in [0.1, 0.15) is 39.0 Å². The van der Waals surface area contributed by atoms with Crippen molar-refractivity contribution in [2.24, 2.45) is 5.92 Å². The van der Waals surface area contributed by atoms with E-state index in [4.69, 9.17) is 5.73 Å². The van der Waals surface area contributed by atoms with Gasteiger partial charge in [0.2, 0.25) is 0 Å². The average molecular weight is 261 g/mol. The second-order valence-corrected chi connectivity index (χ2v) is 5.53. The lowest BCUT2D eigenvalue weighted by Gasteiger charge is -2.17. The van der Waals surface area contributed by atoms with Crippen LogP contribution in [0.2, 0.25) is 0 Å². The molecule has 0 spiro atoms. The first-order valence-corrected chi connectivity index (χ1v) is 7.06. The molecule has 4 N–H and O–H groups in total. The van der Waals surface area contributed by atoms with Crippen LogP contribution in [0.15, 0.2) is 24.3 Å². The Hall–Kier alpha value is -1.71. The molecule has 1 aromatic carbocycles. The molecule has 0 radical (unpaired) electrons. The summed E-state index contributed by atoms with van der Waals surface area (Å²) >= 11 is 0. The van der Waals surface area contributed by atoms with Gasteiger partial charge >= 0.3 is 6.03 Å². The van der Waals surface area contributed by atoms with Crippen molar-refractivity contribution in [2.75, 3.05) is 11.1 Å². The van der Waals surface area contributed by atoms with E-state index in [-0.39, 0.29) is 6.03 Å². The topological polar surface area (TPSA) is 67.2 Å². The van der Waals surface area contributed by atoms with Gasteiger partial charge in [-0.2, -0.15) is 0 Å². The third-order valence-electron chi connectivity index (χ3n) is 3.76. The fourth-order valence-corrected chi connectivity index (χ4v) is 2.55. The van der Waals surface area contributed by atoms with E-state index >= 15 is 0 Å². The number of hydrogen-bond acceptors (Lipinski definition) is 2. The number of hydrogen-bond donors (Lipinski definition) is 3. The molecule has 1 aromatic rings. The first kappa shape index (κ1) is 13.7. The van der Waals surface area contributed by atoms with Gasteiger partial charge in [-0.3, -0.25) is 0 Å². The Morgan fingerprint density at radius 2 is 1.89 bits per heavy atom. The van der Waals surface area contributed by atoms with E-state index in [1.807, 2.05) is 12.1 Å². The fourth-order valence-electron chi connectivity index (χ4n) is 2.55. The smallest absolute Gasteiger partial charge is 0.319 e. The van der Waals surface area contributed by atoms with Crippen LogP contribution in [0.4, 0.5) is 16.2 Å². The summed E-state index contributed by atoms with van der Waals surface area (Å²) in [7, 11) is 0. The monoisotopic (exact) mass is 261 g/mol. The summed E-state index contributed by atoms with van der Waals surface area (Å²) in [5.41, 5.74) is 7.08. The number of benzene rings is 1. The van der Waals surface area contributed by atoms with Crippen molar-refractivity contribution < 1.29 is 4.79 Å². The van der Waals surface area contributed by atoms with E-state index < -0.39 is 0 Å². The maximum atomic E-state index is 11.9. The van der Waals surface area contributed by atoms with Gasteiger partial charge in [0.15, 0.2) is 0 Å². The summed E-state index contributed by atoms with van der Waals surface area (Å²) < 4.78 is 0. The van der Waals surface area contributed by atoms with Crippen LogP contribution >= 0.6 is 0 Å². The lowest BCUT2D eigenvalue weighted by atomic mass is 10.0. The summed E-state index contributed by atoms with van der Waals surface area (Å²) in [5.74, 6) is 0.784. The molecule has 4 nitrogen and oxygen atoms in total. The summed E-state index contributed by atoms with van der Waals surface area (Å²) in [6.07, 6.45) is 5.84. The van der Waals surface area contributed by atoms with Gasteiger partial charge in [0.05, 0.1) is 0 Å². The number of carbonyl (C=O) groups is 1. The fraction of sp³-hybridized carbons (Fsp3) is 0.533. The number of nitrogens with two attached hydrogens (primary N) is 1. The number of rotatable bonds is 2. The van der Waals surface area contributed by atoms with Gasteiger partial charge in [0.25, 0.3) is 0 Å². The summed E-state index contributed by atoms with van der Waals surface area (Å²) in [4.78, 5) is 11.9. The molecular formula is C15H23N3O. The zero-order chi connectivity index (χ0) is 13.7. The second-order valence-electron chi connectivity index (χ2n) is 5.53. The van der Waals surface area contributed by atoms with Gasteiger partial charge in [-0.25, -0.2) is 4.79 Å². The molecule has 2 unspecified atom stereocenters. The van der Waals surface area contributed by atoms with Crippen molar-refractivity contribution in [3.05, 3.63) is 24.3 Å². The van der Waals surface area contributed by atoms with Gasteiger partial charge in [0.1, 0.15) is 0 Å². The van der Waals surface area contributed by atoms with Crippen molar-refractivity contribution in [1.82, 2.24) is 5.32 Å². The van der Waals surface area contributed by atoms with Gasteiger partial charge in [-0.1, -0.05) is 19.8 Å². The van der Waals surface area contributed by atoms with Crippen molar-refractivity contribution in [3.63, 3.8) is 0 Å². The van der Waals surface area contributed by atoms with Gasteiger partial charge in [-0.05, 0) is 49.4 Å². The highest BCUT2D eigenvalue weighted by Crippen LogP contribution is 2.22. The lowest BCUT2D eigenvalue weighted by Crippen LogP contribution is -2.37. The molecular weight excluding hydrogens is 238 g/mol. The molecule has 1 fully saturated rings. The molecule has 2 atom stereocenters. The van der Waals surface area contributed by atoms with Gasteiger partial charge < -0.3 is 16.4 Å². The molecule has 1 aliphatic rings. The number of urea groups is 1. The van der Waals surface area contributed by atoms with E-state index in [0.717, 1.165) is 24.4 Å². The van der Waals surface area contributed by atoms with Crippen molar-refractivity contribution >= 4 is 17.4 Å². The summed E-state index contributed by atoms with van der Waals surface area (Å²) in [5, 5.41) is 5.90. The standard InChI is InChI=1S/C15H23N3O/c1-11-3-2-4-13(8-5-11)17-15(19)18-14-9-6-12(16)7-10-14/h6-7,9-11,13H,2-5,8,16H2,1H3,(H2,17,18,19). The Balaban J connectivity index is 1.82. The molecule has 0 heterocycles. The third-order valence-corrected chi connectivity index (χ3v) is 3.76. The minimum atomic E-state index is -0.121. The highest BCUT2D eigenvalue weighted by Gasteiger charge is 2.17. The maximum absolute atomic E-state index is 11.9. The number of carbonyl (C=O) groups excluding carboxylic acids is 1. The molecule has 0 bridgehead atoms. The van der Waals surface area contributed by atoms with E-state index in [9.17, 15) is 4.79 Å². The van der Waals surface area contributed by atoms with Crippen LogP contribution in [0.5, 0.6) is 0 Å². The Bertz CT molecular complexity index is 416. The van der Waals surface area contributed by atoms with Gasteiger partial charge in [-0.15, -0.1) is 0 Å².